The van der Waals surface area contributed by atoms with E-state index in [-0.39, 0.29) is 18.0 Å². The molecule has 2 N–H and O–H groups in total. The van der Waals surface area contributed by atoms with Gasteiger partial charge in [-0.3, -0.25) is 4.79 Å². The van der Waals surface area contributed by atoms with E-state index in [0.29, 0.717) is 0 Å². The van der Waals surface area contributed by atoms with Crippen molar-refractivity contribution in [2.45, 2.75) is 39.3 Å². The largest absolute Gasteiger partial charge is 0.374 e. The quantitative estimate of drug-likeness (QED) is 0.800. The molecular weight excluding hydrogens is 200 g/mol. The zero-order chi connectivity index (χ0) is 12.0. The summed E-state index contributed by atoms with van der Waals surface area (Å²) in [5.41, 5.74) is 0.967. The van der Waals surface area contributed by atoms with Crippen molar-refractivity contribution in [2.75, 3.05) is 5.32 Å². The Morgan fingerprint density at radius 3 is 2.44 bits per heavy atom. The Kier molecular flexibility index (Phi) is 4.83. The maximum atomic E-state index is 11.7. The molecule has 0 aliphatic rings. The Labute approximate surface area is 97.2 Å². The highest BCUT2D eigenvalue weighted by Gasteiger charge is 2.13. The first-order valence-corrected chi connectivity index (χ1v) is 5.75. The number of anilines is 1. The van der Waals surface area contributed by atoms with Crippen LogP contribution in [0.25, 0.3) is 0 Å². The standard InChI is InChI=1S/C13H20N2O/c1-4-10(2)14-13(16)11(3)15-12-8-6-5-7-9-12/h5-11,15H,4H2,1-3H3,(H,14,16). The van der Waals surface area contributed by atoms with Crippen molar-refractivity contribution in [2.24, 2.45) is 0 Å². The third-order valence-electron chi connectivity index (χ3n) is 2.55. The molecule has 0 heterocycles. The number of para-hydroxylation sites is 1. The van der Waals surface area contributed by atoms with Crippen LogP contribution in [0.2, 0.25) is 0 Å². The molecule has 2 atom stereocenters. The summed E-state index contributed by atoms with van der Waals surface area (Å²) in [6.45, 7) is 5.93. The molecular formula is C13H20N2O. The Hall–Kier alpha value is -1.51. The Morgan fingerprint density at radius 1 is 1.25 bits per heavy atom. The first-order valence-electron chi connectivity index (χ1n) is 5.75. The summed E-state index contributed by atoms with van der Waals surface area (Å²) < 4.78 is 0. The van der Waals surface area contributed by atoms with E-state index < -0.39 is 0 Å². The topological polar surface area (TPSA) is 41.1 Å². The van der Waals surface area contributed by atoms with Crippen LogP contribution in [-0.2, 0) is 4.79 Å². The average Bonchev–Trinajstić information content (AvgIpc) is 2.30. The monoisotopic (exact) mass is 220 g/mol. The zero-order valence-electron chi connectivity index (χ0n) is 10.2. The SMILES string of the molecule is CCC(C)NC(=O)C(C)Nc1ccccc1. The molecule has 0 aliphatic carbocycles. The molecule has 16 heavy (non-hydrogen) atoms. The van der Waals surface area contributed by atoms with E-state index in [1.165, 1.54) is 0 Å². The minimum absolute atomic E-state index is 0.0400. The Bertz CT molecular complexity index is 324. The van der Waals surface area contributed by atoms with Gasteiger partial charge >= 0.3 is 0 Å². The molecule has 0 aromatic heterocycles. The van der Waals surface area contributed by atoms with Crippen LogP contribution >= 0.6 is 0 Å². The van der Waals surface area contributed by atoms with Crippen LogP contribution in [-0.4, -0.2) is 18.0 Å². The third-order valence-corrected chi connectivity index (χ3v) is 2.55. The lowest BCUT2D eigenvalue weighted by molar-refractivity contribution is -0.122. The van der Waals surface area contributed by atoms with Gasteiger partial charge in [-0.05, 0) is 32.4 Å². The smallest absolute Gasteiger partial charge is 0.242 e. The summed E-state index contributed by atoms with van der Waals surface area (Å²) in [6, 6.07) is 9.77. The van der Waals surface area contributed by atoms with E-state index in [2.05, 4.69) is 17.6 Å². The van der Waals surface area contributed by atoms with Crippen molar-refractivity contribution >= 4 is 11.6 Å². The van der Waals surface area contributed by atoms with Crippen LogP contribution < -0.4 is 10.6 Å². The lowest BCUT2D eigenvalue weighted by atomic mass is 10.2. The van der Waals surface area contributed by atoms with Crippen LogP contribution in [0.4, 0.5) is 5.69 Å². The van der Waals surface area contributed by atoms with Gasteiger partial charge in [-0.2, -0.15) is 0 Å². The molecule has 0 saturated carbocycles. The molecule has 3 nitrogen and oxygen atoms in total. The molecule has 0 radical (unpaired) electrons. The molecule has 0 fully saturated rings. The fraction of sp³-hybridized carbons (Fsp3) is 0.462. The number of carbonyl (C=O) groups is 1. The fourth-order valence-electron chi connectivity index (χ4n) is 1.32. The Balaban J connectivity index is 2.46. The first-order chi connectivity index (χ1) is 7.63. The van der Waals surface area contributed by atoms with Gasteiger partial charge in [0, 0.05) is 11.7 Å². The van der Waals surface area contributed by atoms with Gasteiger partial charge in [0.15, 0.2) is 0 Å². The first kappa shape index (κ1) is 12.6. The van der Waals surface area contributed by atoms with E-state index in [1.807, 2.05) is 44.2 Å². The summed E-state index contributed by atoms with van der Waals surface area (Å²) in [4.78, 5) is 11.7. The summed E-state index contributed by atoms with van der Waals surface area (Å²) in [7, 11) is 0. The highest BCUT2D eigenvalue weighted by Crippen LogP contribution is 2.07. The Morgan fingerprint density at radius 2 is 1.88 bits per heavy atom. The summed E-state index contributed by atoms with van der Waals surface area (Å²) in [6.07, 6.45) is 0.948. The van der Waals surface area contributed by atoms with Crippen molar-refractivity contribution in [1.82, 2.24) is 5.32 Å². The summed E-state index contributed by atoms with van der Waals surface area (Å²) in [5.74, 6) is 0.0400. The number of nitrogens with one attached hydrogen (secondary N) is 2. The lowest BCUT2D eigenvalue weighted by Gasteiger charge is -2.18. The zero-order valence-corrected chi connectivity index (χ0v) is 10.2. The molecule has 1 aromatic carbocycles. The van der Waals surface area contributed by atoms with Crippen molar-refractivity contribution < 1.29 is 4.79 Å². The second-order valence-electron chi connectivity index (χ2n) is 4.05. The molecule has 0 bridgehead atoms. The molecule has 3 heteroatoms. The van der Waals surface area contributed by atoms with Gasteiger partial charge in [-0.25, -0.2) is 0 Å². The second-order valence-corrected chi connectivity index (χ2v) is 4.05. The van der Waals surface area contributed by atoms with E-state index in [9.17, 15) is 4.79 Å². The highest BCUT2D eigenvalue weighted by atomic mass is 16.2. The number of hydrogen-bond acceptors (Lipinski definition) is 2. The van der Waals surface area contributed by atoms with Crippen LogP contribution in [0.1, 0.15) is 27.2 Å². The van der Waals surface area contributed by atoms with Crippen LogP contribution in [0.15, 0.2) is 30.3 Å². The van der Waals surface area contributed by atoms with E-state index in [0.717, 1.165) is 12.1 Å². The number of benzene rings is 1. The van der Waals surface area contributed by atoms with Gasteiger partial charge in [0.2, 0.25) is 5.91 Å². The molecule has 1 rings (SSSR count). The average molecular weight is 220 g/mol. The van der Waals surface area contributed by atoms with Crippen molar-refractivity contribution in [1.29, 1.82) is 0 Å². The highest BCUT2D eigenvalue weighted by molar-refractivity contribution is 5.84. The van der Waals surface area contributed by atoms with Gasteiger partial charge in [0.1, 0.15) is 6.04 Å². The predicted molar refractivity (Wildman–Crippen MR) is 67.4 cm³/mol. The van der Waals surface area contributed by atoms with Crippen molar-refractivity contribution in [3.8, 4) is 0 Å². The maximum absolute atomic E-state index is 11.7. The lowest BCUT2D eigenvalue weighted by Crippen LogP contribution is -2.41. The van der Waals surface area contributed by atoms with Gasteiger partial charge < -0.3 is 10.6 Å². The molecule has 0 saturated heterocycles. The van der Waals surface area contributed by atoms with E-state index in [1.54, 1.807) is 0 Å². The van der Waals surface area contributed by atoms with Crippen LogP contribution in [0.3, 0.4) is 0 Å². The van der Waals surface area contributed by atoms with Gasteiger partial charge in [0.25, 0.3) is 0 Å². The molecule has 1 aromatic rings. The maximum Gasteiger partial charge on any atom is 0.242 e. The third kappa shape index (κ3) is 3.93. The number of rotatable bonds is 5. The van der Waals surface area contributed by atoms with E-state index in [4.69, 9.17) is 0 Å². The minimum atomic E-state index is -0.212. The number of carbonyl (C=O) groups excluding carboxylic acids is 1. The van der Waals surface area contributed by atoms with Crippen LogP contribution in [0, 0.1) is 0 Å². The molecule has 2 unspecified atom stereocenters. The van der Waals surface area contributed by atoms with Crippen molar-refractivity contribution in [3.63, 3.8) is 0 Å². The fourth-order valence-corrected chi connectivity index (χ4v) is 1.32. The predicted octanol–water partition coefficient (Wildman–Crippen LogP) is 2.40. The number of hydrogen-bond donors (Lipinski definition) is 2. The van der Waals surface area contributed by atoms with Crippen molar-refractivity contribution in [3.05, 3.63) is 30.3 Å². The van der Waals surface area contributed by atoms with Gasteiger partial charge in [0.05, 0.1) is 0 Å². The normalized spacial score (nSPS) is 13.9. The molecule has 1 amide bonds. The van der Waals surface area contributed by atoms with E-state index >= 15 is 0 Å². The van der Waals surface area contributed by atoms with Crippen LogP contribution in [0.5, 0.6) is 0 Å². The summed E-state index contributed by atoms with van der Waals surface area (Å²) in [5, 5.41) is 6.11. The molecule has 88 valence electrons. The second kappa shape index (κ2) is 6.16. The number of amides is 1. The molecule has 0 spiro atoms. The van der Waals surface area contributed by atoms with Gasteiger partial charge in [-0.1, -0.05) is 25.1 Å². The summed E-state index contributed by atoms with van der Waals surface area (Å²) >= 11 is 0. The van der Waals surface area contributed by atoms with Gasteiger partial charge in [-0.15, -0.1) is 0 Å². The molecule has 0 aliphatic heterocycles. The minimum Gasteiger partial charge on any atom is -0.374 e.